The average Bonchev–Trinajstić information content (AvgIpc) is 2.43. The van der Waals surface area contributed by atoms with E-state index in [4.69, 9.17) is 5.11 Å². The van der Waals surface area contributed by atoms with Crippen molar-refractivity contribution in [2.75, 3.05) is 53.4 Å². The first kappa shape index (κ1) is 13.9. The summed E-state index contributed by atoms with van der Waals surface area (Å²) in [5.74, 6) is -0.695. The highest BCUT2D eigenvalue weighted by atomic mass is 16.4. The van der Waals surface area contributed by atoms with Crippen LogP contribution in [0.4, 0.5) is 0 Å². The molecule has 0 aromatic rings. The normalized spacial score (nSPS) is 18.7. The molecular weight excluding hydrogens is 222 g/mol. The van der Waals surface area contributed by atoms with Gasteiger partial charge < -0.3 is 10.0 Å². The fraction of sp³-hybridized carbons (Fsp3) is 0.818. The predicted molar refractivity (Wildman–Crippen MR) is 63.8 cm³/mol. The number of nitrogens with zero attached hydrogens (tertiary/aromatic N) is 3. The van der Waals surface area contributed by atoms with Crippen molar-refractivity contribution in [2.24, 2.45) is 0 Å². The summed E-state index contributed by atoms with van der Waals surface area (Å²) in [6, 6.07) is 0. The smallest absolute Gasteiger partial charge is 0.317 e. The van der Waals surface area contributed by atoms with Gasteiger partial charge in [0.25, 0.3) is 0 Å². The number of hydrogen-bond donors (Lipinski definition) is 1. The van der Waals surface area contributed by atoms with Gasteiger partial charge in [-0.2, -0.15) is 0 Å². The Morgan fingerprint density at radius 3 is 2.06 bits per heavy atom. The van der Waals surface area contributed by atoms with Crippen molar-refractivity contribution in [2.45, 2.75) is 6.42 Å². The third-order valence-electron chi connectivity index (χ3n) is 2.90. The molecule has 0 radical (unpaired) electrons. The lowest BCUT2D eigenvalue weighted by atomic mass is 10.3. The van der Waals surface area contributed by atoms with E-state index in [0.717, 1.165) is 26.1 Å². The Balaban J connectivity index is 2.37. The molecule has 1 fully saturated rings. The number of carbonyl (C=O) groups is 2. The van der Waals surface area contributed by atoms with Gasteiger partial charge in [-0.1, -0.05) is 0 Å². The minimum Gasteiger partial charge on any atom is -0.480 e. The van der Waals surface area contributed by atoms with E-state index < -0.39 is 5.97 Å². The number of carbonyl (C=O) groups excluding carboxylic acids is 1. The van der Waals surface area contributed by atoms with Gasteiger partial charge in [0.2, 0.25) is 5.91 Å². The molecule has 1 aliphatic heterocycles. The number of amides is 1. The molecule has 0 saturated carbocycles. The first-order valence-corrected chi connectivity index (χ1v) is 5.85. The summed E-state index contributed by atoms with van der Waals surface area (Å²) in [6.07, 6.45) is 0.911. The van der Waals surface area contributed by atoms with Crippen LogP contribution in [-0.2, 0) is 9.59 Å². The molecule has 1 saturated heterocycles. The number of carboxylic acid groups (broad SMARTS) is 1. The summed E-state index contributed by atoms with van der Waals surface area (Å²) in [6.45, 7) is 3.64. The second kappa shape index (κ2) is 6.56. The Hall–Kier alpha value is -1.14. The molecule has 0 aliphatic carbocycles. The highest BCUT2D eigenvalue weighted by Crippen LogP contribution is 2.03. The van der Waals surface area contributed by atoms with Gasteiger partial charge in [0, 0.05) is 33.7 Å². The van der Waals surface area contributed by atoms with Gasteiger partial charge in [0.15, 0.2) is 0 Å². The monoisotopic (exact) mass is 243 g/mol. The van der Waals surface area contributed by atoms with E-state index in [1.165, 1.54) is 0 Å². The molecule has 1 N–H and O–H groups in total. The van der Waals surface area contributed by atoms with Gasteiger partial charge in [-0.3, -0.25) is 19.4 Å². The first-order chi connectivity index (χ1) is 7.99. The third-order valence-corrected chi connectivity index (χ3v) is 2.90. The van der Waals surface area contributed by atoms with Crippen LogP contribution in [0, 0.1) is 0 Å². The van der Waals surface area contributed by atoms with Gasteiger partial charge in [0.1, 0.15) is 0 Å². The van der Waals surface area contributed by atoms with Crippen molar-refractivity contribution in [1.29, 1.82) is 0 Å². The lowest BCUT2D eigenvalue weighted by Crippen LogP contribution is -2.39. The number of hydrogen-bond acceptors (Lipinski definition) is 4. The van der Waals surface area contributed by atoms with Crippen LogP contribution >= 0.6 is 0 Å². The zero-order valence-electron chi connectivity index (χ0n) is 10.6. The largest absolute Gasteiger partial charge is 0.480 e. The quantitative estimate of drug-likeness (QED) is 0.698. The van der Waals surface area contributed by atoms with Crippen LogP contribution in [0.3, 0.4) is 0 Å². The highest BCUT2D eigenvalue weighted by Gasteiger charge is 2.18. The molecule has 17 heavy (non-hydrogen) atoms. The van der Waals surface area contributed by atoms with Crippen LogP contribution in [0.25, 0.3) is 0 Å². The second-order valence-electron chi connectivity index (χ2n) is 4.59. The minimum atomic E-state index is -0.789. The SMILES string of the molecule is CN(C)C(=O)CN1CCCN(CC(=O)O)CC1. The maximum atomic E-state index is 11.6. The maximum Gasteiger partial charge on any atom is 0.317 e. The molecule has 1 rings (SSSR count). The lowest BCUT2D eigenvalue weighted by Gasteiger charge is -2.21. The summed E-state index contributed by atoms with van der Waals surface area (Å²) >= 11 is 0. The Bertz CT molecular complexity index is 281. The van der Waals surface area contributed by atoms with Crippen LogP contribution in [0.5, 0.6) is 0 Å². The van der Waals surface area contributed by atoms with E-state index in [1.807, 2.05) is 4.90 Å². The second-order valence-corrected chi connectivity index (χ2v) is 4.59. The maximum absolute atomic E-state index is 11.6. The lowest BCUT2D eigenvalue weighted by molar-refractivity contribution is -0.138. The van der Waals surface area contributed by atoms with E-state index in [2.05, 4.69) is 4.90 Å². The molecule has 1 heterocycles. The number of rotatable bonds is 4. The van der Waals surface area contributed by atoms with Crippen molar-refractivity contribution in [3.05, 3.63) is 0 Å². The Labute approximate surface area is 102 Å². The van der Waals surface area contributed by atoms with Crippen LogP contribution in [0.15, 0.2) is 0 Å². The summed E-state index contributed by atoms with van der Waals surface area (Å²) in [5, 5.41) is 8.73. The first-order valence-electron chi connectivity index (χ1n) is 5.85. The predicted octanol–water partition coefficient (Wildman–Crippen LogP) is -0.833. The van der Waals surface area contributed by atoms with Gasteiger partial charge >= 0.3 is 5.97 Å². The van der Waals surface area contributed by atoms with Crippen molar-refractivity contribution < 1.29 is 14.7 Å². The standard InChI is InChI=1S/C11H21N3O3/c1-12(2)10(15)8-13-4-3-5-14(7-6-13)9-11(16)17/h3-9H2,1-2H3,(H,16,17). The number of likely N-dealkylation sites (N-methyl/N-ethyl adjacent to an activating group) is 1. The number of carboxylic acids is 1. The molecule has 0 atom stereocenters. The fourth-order valence-electron chi connectivity index (χ4n) is 1.86. The van der Waals surface area contributed by atoms with Crippen LogP contribution in [0.1, 0.15) is 6.42 Å². The Morgan fingerprint density at radius 1 is 1.06 bits per heavy atom. The van der Waals surface area contributed by atoms with Gasteiger partial charge in [-0.25, -0.2) is 0 Å². The van der Waals surface area contributed by atoms with Crippen LogP contribution in [0.2, 0.25) is 0 Å². The van der Waals surface area contributed by atoms with Crippen LogP contribution < -0.4 is 0 Å². The molecular formula is C11H21N3O3. The molecule has 0 aromatic carbocycles. The van der Waals surface area contributed by atoms with Crippen molar-refractivity contribution in [1.82, 2.24) is 14.7 Å². The molecule has 1 aliphatic rings. The van der Waals surface area contributed by atoms with Gasteiger partial charge in [-0.15, -0.1) is 0 Å². The molecule has 0 aromatic heterocycles. The Kier molecular flexibility index (Phi) is 5.37. The van der Waals surface area contributed by atoms with E-state index >= 15 is 0 Å². The van der Waals surface area contributed by atoms with Crippen molar-refractivity contribution in [3.8, 4) is 0 Å². The minimum absolute atomic E-state index is 0.0927. The molecule has 6 heteroatoms. The molecule has 0 unspecified atom stereocenters. The van der Waals surface area contributed by atoms with Gasteiger partial charge in [-0.05, 0) is 13.0 Å². The molecule has 0 bridgehead atoms. The van der Waals surface area contributed by atoms with Crippen LogP contribution in [-0.4, -0.2) is 85.0 Å². The van der Waals surface area contributed by atoms with E-state index in [-0.39, 0.29) is 12.5 Å². The van der Waals surface area contributed by atoms with Gasteiger partial charge in [0.05, 0.1) is 13.1 Å². The molecule has 98 valence electrons. The Morgan fingerprint density at radius 2 is 1.59 bits per heavy atom. The summed E-state index contributed by atoms with van der Waals surface area (Å²) in [7, 11) is 3.49. The number of aliphatic carboxylic acids is 1. The van der Waals surface area contributed by atoms with E-state index in [0.29, 0.717) is 13.1 Å². The zero-order valence-corrected chi connectivity index (χ0v) is 10.6. The summed E-state index contributed by atoms with van der Waals surface area (Å²) < 4.78 is 0. The summed E-state index contributed by atoms with van der Waals surface area (Å²) in [4.78, 5) is 27.8. The van der Waals surface area contributed by atoms with E-state index in [1.54, 1.807) is 19.0 Å². The highest BCUT2D eigenvalue weighted by molar-refractivity contribution is 5.77. The van der Waals surface area contributed by atoms with E-state index in [9.17, 15) is 9.59 Å². The third kappa shape index (κ3) is 5.14. The molecule has 1 amide bonds. The zero-order chi connectivity index (χ0) is 12.8. The molecule has 0 spiro atoms. The summed E-state index contributed by atoms with van der Waals surface area (Å²) in [5.41, 5.74) is 0. The topological polar surface area (TPSA) is 64.1 Å². The molecule has 6 nitrogen and oxygen atoms in total. The van der Waals surface area contributed by atoms with Crippen molar-refractivity contribution in [3.63, 3.8) is 0 Å². The average molecular weight is 243 g/mol. The van der Waals surface area contributed by atoms with Crippen molar-refractivity contribution >= 4 is 11.9 Å². The fourth-order valence-corrected chi connectivity index (χ4v) is 1.86.